The predicted molar refractivity (Wildman–Crippen MR) is 48.9 cm³/mol. The molecule has 1 aliphatic carbocycles. The van der Waals surface area contributed by atoms with Crippen molar-refractivity contribution in [2.75, 3.05) is 13.9 Å². The van der Waals surface area contributed by atoms with Crippen molar-refractivity contribution in [1.82, 2.24) is 5.32 Å². The summed E-state index contributed by atoms with van der Waals surface area (Å²) in [7, 11) is 1.52. The molecule has 0 aliphatic heterocycles. The van der Waals surface area contributed by atoms with Crippen LogP contribution in [-0.2, 0) is 9.47 Å². The predicted octanol–water partition coefficient (Wildman–Crippen LogP) is -0.267. The van der Waals surface area contributed by atoms with Gasteiger partial charge in [0, 0.05) is 13.2 Å². The van der Waals surface area contributed by atoms with Gasteiger partial charge < -0.3 is 25.6 Å². The number of amides is 1. The first-order valence-electron chi connectivity index (χ1n) is 4.49. The van der Waals surface area contributed by atoms with E-state index >= 15 is 0 Å². The molecule has 0 spiro atoms. The van der Waals surface area contributed by atoms with E-state index in [0.717, 1.165) is 0 Å². The van der Waals surface area contributed by atoms with Crippen molar-refractivity contribution in [2.45, 2.75) is 31.0 Å². The molecule has 1 aliphatic rings. The minimum atomic E-state index is -1.05. The van der Waals surface area contributed by atoms with E-state index in [-0.39, 0.29) is 25.0 Å². The van der Waals surface area contributed by atoms with Gasteiger partial charge in [0.2, 0.25) is 0 Å². The molecule has 0 heterocycles. The van der Waals surface area contributed by atoms with Gasteiger partial charge in [-0.25, -0.2) is 4.79 Å². The van der Waals surface area contributed by atoms with E-state index in [4.69, 9.17) is 20.3 Å². The Hall–Kier alpha value is -0.850. The highest BCUT2D eigenvalue weighted by Crippen LogP contribution is 2.21. The summed E-state index contributed by atoms with van der Waals surface area (Å²) in [6.45, 7) is 0.162. The monoisotopic (exact) mass is 204 g/mol. The normalized spacial score (nSPS) is 31.7. The van der Waals surface area contributed by atoms with Crippen molar-refractivity contribution >= 4 is 6.09 Å². The third-order valence-electron chi connectivity index (χ3n) is 2.25. The van der Waals surface area contributed by atoms with Gasteiger partial charge in [0.15, 0.2) is 0 Å². The number of nitrogens with two attached hydrogens (primary N) is 1. The summed E-state index contributed by atoms with van der Waals surface area (Å²) in [5.74, 6) is 0. The Kier molecular flexibility index (Phi) is 4.12. The number of hydrogen-bond donors (Lipinski definition) is 3. The lowest BCUT2D eigenvalue weighted by molar-refractivity contribution is -0.0762. The van der Waals surface area contributed by atoms with Crippen LogP contribution in [0.25, 0.3) is 0 Å². The van der Waals surface area contributed by atoms with Crippen molar-refractivity contribution in [3.8, 4) is 0 Å². The first kappa shape index (κ1) is 11.2. The van der Waals surface area contributed by atoms with Gasteiger partial charge in [0.1, 0.15) is 6.79 Å². The molecule has 0 radical (unpaired) electrons. The summed E-state index contributed by atoms with van der Waals surface area (Å²) < 4.78 is 10.1. The average molecular weight is 204 g/mol. The fourth-order valence-corrected chi connectivity index (χ4v) is 1.69. The van der Waals surface area contributed by atoms with Crippen LogP contribution in [0.1, 0.15) is 12.8 Å². The third kappa shape index (κ3) is 3.13. The second kappa shape index (κ2) is 5.14. The standard InChI is InChI=1S/C8H16N2O4/c1-13-4-14-7-3-5(9)2-6(7)10-8(11)12/h5-7,10H,2-4,9H2,1H3,(H,11,12)/t5-,6+,7-/m0/s1. The molecule has 4 N–H and O–H groups in total. The molecule has 1 amide bonds. The minimum Gasteiger partial charge on any atom is -0.465 e. The van der Waals surface area contributed by atoms with Gasteiger partial charge in [0.05, 0.1) is 12.1 Å². The molecule has 3 atom stereocenters. The van der Waals surface area contributed by atoms with Crippen LogP contribution in [0.15, 0.2) is 0 Å². The lowest BCUT2D eigenvalue weighted by Crippen LogP contribution is -2.40. The molecule has 0 saturated heterocycles. The van der Waals surface area contributed by atoms with Crippen LogP contribution in [0.4, 0.5) is 4.79 Å². The van der Waals surface area contributed by atoms with Gasteiger partial charge in [-0.3, -0.25) is 0 Å². The lowest BCUT2D eigenvalue weighted by Gasteiger charge is -2.18. The number of carboxylic acid groups (broad SMARTS) is 1. The first-order chi connectivity index (χ1) is 6.63. The second-order valence-electron chi connectivity index (χ2n) is 3.40. The summed E-state index contributed by atoms with van der Waals surface area (Å²) in [6, 6.07) is -0.230. The van der Waals surface area contributed by atoms with Crippen molar-refractivity contribution in [3.63, 3.8) is 0 Å². The van der Waals surface area contributed by atoms with Crippen LogP contribution >= 0.6 is 0 Å². The van der Waals surface area contributed by atoms with E-state index in [1.807, 2.05) is 0 Å². The number of rotatable bonds is 4. The van der Waals surface area contributed by atoms with Crippen molar-refractivity contribution in [3.05, 3.63) is 0 Å². The molecule has 0 aromatic carbocycles. The van der Waals surface area contributed by atoms with Gasteiger partial charge in [-0.1, -0.05) is 0 Å². The van der Waals surface area contributed by atoms with E-state index in [1.54, 1.807) is 0 Å². The Balaban J connectivity index is 2.40. The molecular weight excluding hydrogens is 188 g/mol. The van der Waals surface area contributed by atoms with E-state index in [1.165, 1.54) is 7.11 Å². The number of nitrogens with one attached hydrogen (secondary N) is 1. The fraction of sp³-hybridized carbons (Fsp3) is 0.875. The van der Waals surface area contributed by atoms with Crippen LogP contribution in [0.5, 0.6) is 0 Å². The van der Waals surface area contributed by atoms with Crippen molar-refractivity contribution in [1.29, 1.82) is 0 Å². The van der Waals surface area contributed by atoms with E-state index in [9.17, 15) is 4.79 Å². The number of methoxy groups -OCH3 is 1. The number of hydrogen-bond acceptors (Lipinski definition) is 4. The molecule has 1 rings (SSSR count). The highest BCUT2D eigenvalue weighted by molar-refractivity contribution is 5.65. The number of carbonyl (C=O) groups is 1. The molecule has 6 nitrogen and oxygen atoms in total. The topological polar surface area (TPSA) is 93.8 Å². The van der Waals surface area contributed by atoms with Crippen LogP contribution in [0, 0.1) is 0 Å². The Bertz CT molecular complexity index is 200. The van der Waals surface area contributed by atoms with E-state index in [2.05, 4.69) is 5.32 Å². The molecule has 1 saturated carbocycles. The van der Waals surface area contributed by atoms with Crippen LogP contribution in [0.3, 0.4) is 0 Å². The molecular formula is C8H16N2O4. The largest absolute Gasteiger partial charge is 0.465 e. The minimum absolute atomic E-state index is 0.00583. The smallest absolute Gasteiger partial charge is 0.404 e. The average Bonchev–Trinajstić information content (AvgIpc) is 2.41. The Labute approximate surface area is 82.4 Å². The van der Waals surface area contributed by atoms with Gasteiger partial charge in [0.25, 0.3) is 0 Å². The number of ether oxygens (including phenoxy) is 2. The van der Waals surface area contributed by atoms with Crippen molar-refractivity contribution < 1.29 is 19.4 Å². The quantitative estimate of drug-likeness (QED) is 0.548. The maximum Gasteiger partial charge on any atom is 0.404 e. The third-order valence-corrected chi connectivity index (χ3v) is 2.25. The molecule has 0 bridgehead atoms. The Morgan fingerprint density at radius 2 is 2.36 bits per heavy atom. The first-order valence-corrected chi connectivity index (χ1v) is 4.49. The summed E-state index contributed by atoms with van der Waals surface area (Å²) in [5.41, 5.74) is 5.71. The second-order valence-corrected chi connectivity index (χ2v) is 3.40. The van der Waals surface area contributed by atoms with Gasteiger partial charge in [-0.15, -0.1) is 0 Å². The summed E-state index contributed by atoms with van der Waals surface area (Å²) in [6.07, 6.45) is 0.0470. The zero-order valence-corrected chi connectivity index (χ0v) is 8.10. The van der Waals surface area contributed by atoms with Crippen LogP contribution in [0.2, 0.25) is 0 Å². The van der Waals surface area contributed by atoms with E-state index in [0.29, 0.717) is 12.8 Å². The molecule has 0 unspecified atom stereocenters. The molecule has 1 fully saturated rings. The van der Waals surface area contributed by atoms with Gasteiger partial charge in [-0.05, 0) is 12.8 Å². The van der Waals surface area contributed by atoms with Crippen LogP contribution < -0.4 is 11.1 Å². The zero-order valence-electron chi connectivity index (χ0n) is 8.10. The molecule has 0 aromatic heterocycles. The van der Waals surface area contributed by atoms with Crippen LogP contribution in [-0.4, -0.2) is 43.3 Å². The summed E-state index contributed by atoms with van der Waals surface area (Å²) in [5, 5.41) is 11.0. The maximum absolute atomic E-state index is 10.4. The van der Waals surface area contributed by atoms with Gasteiger partial charge in [-0.2, -0.15) is 0 Å². The van der Waals surface area contributed by atoms with Crippen molar-refractivity contribution in [2.24, 2.45) is 5.73 Å². The lowest BCUT2D eigenvalue weighted by atomic mass is 10.2. The Morgan fingerprint density at radius 3 is 2.93 bits per heavy atom. The molecule has 6 heteroatoms. The summed E-state index contributed by atoms with van der Waals surface area (Å²) >= 11 is 0. The highest BCUT2D eigenvalue weighted by Gasteiger charge is 2.34. The SMILES string of the molecule is COCO[C@H]1C[C@@H](N)C[C@H]1NC(=O)O. The van der Waals surface area contributed by atoms with Gasteiger partial charge >= 0.3 is 6.09 Å². The highest BCUT2D eigenvalue weighted by atomic mass is 16.7. The summed E-state index contributed by atoms with van der Waals surface area (Å²) in [4.78, 5) is 10.4. The zero-order chi connectivity index (χ0) is 10.6. The molecule has 0 aromatic rings. The Morgan fingerprint density at radius 1 is 1.64 bits per heavy atom. The maximum atomic E-state index is 10.4. The molecule has 14 heavy (non-hydrogen) atoms. The molecule has 82 valence electrons. The van der Waals surface area contributed by atoms with E-state index < -0.39 is 6.09 Å². The fourth-order valence-electron chi connectivity index (χ4n) is 1.69.